The smallest absolute Gasteiger partial charge is 0.334 e. The fraction of sp³-hybridized carbons (Fsp3) is 0.833. The number of amides is 2. The van der Waals surface area contributed by atoms with E-state index in [-0.39, 0.29) is 18.6 Å². The van der Waals surface area contributed by atoms with Crippen LogP contribution >= 0.6 is 0 Å². The first-order valence-electron chi connectivity index (χ1n) is 6.25. The highest BCUT2D eigenvalue weighted by Gasteiger charge is 2.27. The number of nitrogens with zero attached hydrogens (tertiary/aromatic N) is 1. The number of piperidine rings is 1. The Hall–Kier alpha value is -1.30. The molecule has 104 valence electrons. The van der Waals surface area contributed by atoms with Crippen LogP contribution in [-0.2, 0) is 9.53 Å². The summed E-state index contributed by atoms with van der Waals surface area (Å²) in [6.45, 7) is 4.83. The number of rotatable bonds is 4. The Labute approximate surface area is 107 Å². The van der Waals surface area contributed by atoms with E-state index in [1.165, 1.54) is 7.11 Å². The maximum atomic E-state index is 12.0. The van der Waals surface area contributed by atoms with E-state index in [9.17, 15) is 9.59 Å². The summed E-state index contributed by atoms with van der Waals surface area (Å²) in [5, 5.41) is 11.4. The minimum Gasteiger partial charge on any atom is -0.479 e. The van der Waals surface area contributed by atoms with Crippen LogP contribution in [0.15, 0.2) is 0 Å². The van der Waals surface area contributed by atoms with Gasteiger partial charge in [-0.1, -0.05) is 6.92 Å². The zero-order chi connectivity index (χ0) is 13.7. The van der Waals surface area contributed by atoms with Crippen molar-refractivity contribution >= 4 is 12.0 Å². The number of aliphatic carboxylic acids is 1. The topological polar surface area (TPSA) is 78.9 Å². The number of methoxy groups -OCH3 is 1. The first-order chi connectivity index (χ1) is 8.45. The maximum Gasteiger partial charge on any atom is 0.334 e. The summed E-state index contributed by atoms with van der Waals surface area (Å²) >= 11 is 0. The van der Waals surface area contributed by atoms with E-state index in [0.717, 1.165) is 19.4 Å². The lowest BCUT2D eigenvalue weighted by Crippen LogP contribution is -2.51. The van der Waals surface area contributed by atoms with Crippen molar-refractivity contribution in [1.29, 1.82) is 0 Å². The summed E-state index contributed by atoms with van der Waals surface area (Å²) in [4.78, 5) is 24.5. The normalized spacial score (nSPS) is 25.6. The standard InChI is InChI=1S/C12H22N2O4/c1-8-4-5-9(2)14(7-8)12(17)13-6-10(18-3)11(15)16/h8-10H,4-7H2,1-3H3,(H,13,17)(H,15,16). The van der Waals surface area contributed by atoms with Gasteiger partial charge in [0.05, 0.1) is 6.54 Å². The van der Waals surface area contributed by atoms with Gasteiger partial charge in [-0.25, -0.2) is 9.59 Å². The number of likely N-dealkylation sites (tertiary alicyclic amines) is 1. The second kappa shape index (κ2) is 6.58. The number of carbonyl (C=O) groups is 2. The van der Waals surface area contributed by atoms with Crippen molar-refractivity contribution < 1.29 is 19.4 Å². The Balaban J connectivity index is 2.46. The highest BCUT2D eigenvalue weighted by Crippen LogP contribution is 2.21. The van der Waals surface area contributed by atoms with Crippen molar-refractivity contribution in [2.75, 3.05) is 20.2 Å². The molecule has 0 saturated carbocycles. The molecule has 1 aliphatic heterocycles. The third-order valence-corrected chi connectivity index (χ3v) is 3.38. The minimum absolute atomic E-state index is 0.0116. The van der Waals surface area contributed by atoms with Crippen LogP contribution in [0.2, 0.25) is 0 Å². The van der Waals surface area contributed by atoms with E-state index in [2.05, 4.69) is 12.2 Å². The molecule has 6 nitrogen and oxygen atoms in total. The molecule has 3 atom stereocenters. The van der Waals surface area contributed by atoms with Gasteiger partial charge < -0.3 is 20.1 Å². The molecule has 0 radical (unpaired) electrons. The third kappa shape index (κ3) is 3.87. The highest BCUT2D eigenvalue weighted by molar-refractivity contribution is 5.77. The molecule has 0 aliphatic carbocycles. The maximum absolute atomic E-state index is 12.0. The third-order valence-electron chi connectivity index (χ3n) is 3.38. The first-order valence-corrected chi connectivity index (χ1v) is 6.25. The SMILES string of the molecule is COC(CNC(=O)N1CC(C)CCC1C)C(=O)O. The van der Waals surface area contributed by atoms with Crippen LogP contribution in [0.1, 0.15) is 26.7 Å². The molecule has 0 bridgehead atoms. The molecule has 3 unspecified atom stereocenters. The van der Waals surface area contributed by atoms with Crippen LogP contribution in [0, 0.1) is 5.92 Å². The lowest BCUT2D eigenvalue weighted by molar-refractivity contribution is -0.148. The van der Waals surface area contributed by atoms with Gasteiger partial charge in [-0.15, -0.1) is 0 Å². The van der Waals surface area contributed by atoms with Crippen molar-refractivity contribution in [1.82, 2.24) is 10.2 Å². The Morgan fingerprint density at radius 1 is 1.44 bits per heavy atom. The van der Waals surface area contributed by atoms with Crippen LogP contribution in [0.25, 0.3) is 0 Å². The molecule has 0 aromatic carbocycles. The van der Waals surface area contributed by atoms with E-state index in [0.29, 0.717) is 5.92 Å². The number of carboxylic acid groups (broad SMARTS) is 1. The molecule has 1 aliphatic rings. The molecule has 2 N–H and O–H groups in total. The summed E-state index contributed by atoms with van der Waals surface area (Å²) in [6.07, 6.45) is 1.12. The summed E-state index contributed by atoms with van der Waals surface area (Å²) in [6, 6.07) is -0.00984. The molecule has 2 amide bonds. The number of hydrogen-bond acceptors (Lipinski definition) is 3. The van der Waals surface area contributed by atoms with Gasteiger partial charge >= 0.3 is 12.0 Å². The minimum atomic E-state index is -1.07. The average molecular weight is 258 g/mol. The van der Waals surface area contributed by atoms with Gasteiger partial charge in [-0.2, -0.15) is 0 Å². The lowest BCUT2D eigenvalue weighted by Gasteiger charge is -2.36. The van der Waals surface area contributed by atoms with Crippen molar-refractivity contribution in [3.63, 3.8) is 0 Å². The number of urea groups is 1. The Morgan fingerprint density at radius 2 is 2.11 bits per heavy atom. The Morgan fingerprint density at radius 3 is 2.67 bits per heavy atom. The molecule has 1 saturated heterocycles. The van der Waals surface area contributed by atoms with Crippen LogP contribution in [0.5, 0.6) is 0 Å². The van der Waals surface area contributed by atoms with Crippen LogP contribution in [-0.4, -0.2) is 54.4 Å². The summed E-state index contributed by atoms with van der Waals surface area (Å²) in [7, 11) is 1.32. The molecule has 1 rings (SSSR count). The van der Waals surface area contributed by atoms with Crippen molar-refractivity contribution in [2.45, 2.75) is 38.8 Å². The Kier molecular flexibility index (Phi) is 5.40. The molecule has 0 spiro atoms. The molecular weight excluding hydrogens is 236 g/mol. The molecular formula is C12H22N2O4. The van der Waals surface area contributed by atoms with E-state index in [1.54, 1.807) is 4.90 Å². The molecule has 18 heavy (non-hydrogen) atoms. The van der Waals surface area contributed by atoms with Gasteiger partial charge in [0.25, 0.3) is 0 Å². The monoisotopic (exact) mass is 258 g/mol. The van der Waals surface area contributed by atoms with Gasteiger partial charge in [0.2, 0.25) is 0 Å². The molecule has 1 heterocycles. The molecule has 0 aromatic heterocycles. The van der Waals surface area contributed by atoms with E-state index in [4.69, 9.17) is 9.84 Å². The number of carboxylic acids is 1. The number of nitrogens with one attached hydrogen (secondary N) is 1. The molecule has 1 fully saturated rings. The predicted molar refractivity (Wildman–Crippen MR) is 66.4 cm³/mol. The summed E-state index contributed by atoms with van der Waals surface area (Å²) in [5.41, 5.74) is 0. The van der Waals surface area contributed by atoms with Crippen molar-refractivity contribution in [3.05, 3.63) is 0 Å². The van der Waals surface area contributed by atoms with E-state index in [1.807, 2.05) is 6.92 Å². The van der Waals surface area contributed by atoms with E-state index >= 15 is 0 Å². The van der Waals surface area contributed by atoms with Crippen LogP contribution < -0.4 is 5.32 Å². The first kappa shape index (κ1) is 14.8. The zero-order valence-corrected chi connectivity index (χ0v) is 11.2. The van der Waals surface area contributed by atoms with Gasteiger partial charge in [0, 0.05) is 19.7 Å². The number of ether oxygens (including phenoxy) is 1. The summed E-state index contributed by atoms with van der Waals surface area (Å²) < 4.78 is 4.76. The number of carbonyl (C=O) groups excluding carboxylic acids is 1. The average Bonchev–Trinajstić information content (AvgIpc) is 2.32. The van der Waals surface area contributed by atoms with Crippen molar-refractivity contribution in [3.8, 4) is 0 Å². The van der Waals surface area contributed by atoms with Crippen molar-refractivity contribution in [2.24, 2.45) is 5.92 Å². The largest absolute Gasteiger partial charge is 0.479 e. The second-order valence-corrected chi connectivity index (χ2v) is 4.93. The van der Waals surface area contributed by atoms with Crippen LogP contribution in [0.4, 0.5) is 4.79 Å². The zero-order valence-electron chi connectivity index (χ0n) is 11.2. The quantitative estimate of drug-likeness (QED) is 0.785. The Bertz CT molecular complexity index is 308. The van der Waals surface area contributed by atoms with E-state index < -0.39 is 12.1 Å². The second-order valence-electron chi connectivity index (χ2n) is 4.93. The lowest BCUT2D eigenvalue weighted by atomic mass is 9.95. The fourth-order valence-corrected chi connectivity index (χ4v) is 2.12. The molecule has 6 heteroatoms. The van der Waals surface area contributed by atoms with Gasteiger partial charge in [0.15, 0.2) is 6.10 Å². The number of hydrogen-bond donors (Lipinski definition) is 2. The highest BCUT2D eigenvalue weighted by atomic mass is 16.5. The van der Waals surface area contributed by atoms with Gasteiger partial charge in [-0.05, 0) is 25.7 Å². The van der Waals surface area contributed by atoms with Gasteiger partial charge in [0.1, 0.15) is 0 Å². The molecule has 0 aromatic rings. The predicted octanol–water partition coefficient (Wildman–Crippen LogP) is 0.916. The van der Waals surface area contributed by atoms with Gasteiger partial charge in [-0.3, -0.25) is 0 Å². The fourth-order valence-electron chi connectivity index (χ4n) is 2.12. The summed E-state index contributed by atoms with van der Waals surface area (Å²) in [5.74, 6) is -0.581. The van der Waals surface area contributed by atoms with Crippen LogP contribution in [0.3, 0.4) is 0 Å².